The largest absolute Gasteiger partial charge is 0.478 e. The van der Waals surface area contributed by atoms with Crippen molar-refractivity contribution in [2.45, 2.75) is 71.3 Å². The number of hydrogen-bond donors (Lipinski definition) is 3. The molecule has 0 fully saturated rings. The lowest BCUT2D eigenvalue weighted by Crippen LogP contribution is -2.19. The molecule has 0 aliphatic heterocycles. The van der Waals surface area contributed by atoms with Crippen LogP contribution in [0.2, 0.25) is 0 Å². The van der Waals surface area contributed by atoms with Crippen molar-refractivity contribution in [3.63, 3.8) is 0 Å². The minimum atomic E-state index is -1.51. The summed E-state index contributed by atoms with van der Waals surface area (Å²) in [6.07, 6.45) is 5.26. The fourth-order valence-corrected chi connectivity index (χ4v) is 3.28. The van der Waals surface area contributed by atoms with E-state index in [1.165, 1.54) is 6.07 Å². The van der Waals surface area contributed by atoms with Crippen molar-refractivity contribution in [2.75, 3.05) is 0 Å². The summed E-state index contributed by atoms with van der Waals surface area (Å²) in [5, 5.41) is 28.1. The average molecular weight is 434 g/mol. The third-order valence-corrected chi connectivity index (χ3v) is 4.89. The fraction of sp³-hybridized carbons (Fsp3) is 0.478. The van der Waals surface area contributed by atoms with Crippen molar-refractivity contribution in [2.24, 2.45) is 0 Å². The lowest BCUT2D eigenvalue weighted by molar-refractivity contribution is -0.145. The van der Waals surface area contributed by atoms with Crippen LogP contribution in [-0.4, -0.2) is 45.3 Å². The number of carboxylic acids is 3. The van der Waals surface area contributed by atoms with E-state index in [0.717, 1.165) is 31.7 Å². The molecule has 170 valence electrons. The summed E-state index contributed by atoms with van der Waals surface area (Å²) in [5.41, 5.74) is -0.863. The number of hydrogen-bond acceptors (Lipinski definition) is 5. The van der Waals surface area contributed by atoms with Crippen LogP contribution >= 0.6 is 0 Å². The first-order valence-electron chi connectivity index (χ1n) is 10.3. The van der Waals surface area contributed by atoms with Gasteiger partial charge in [-0.05, 0) is 56.7 Å². The predicted molar refractivity (Wildman–Crippen MR) is 114 cm³/mol. The molecule has 0 radical (unpaired) electrons. The summed E-state index contributed by atoms with van der Waals surface area (Å²) < 4.78 is 5.49. The topological polar surface area (TPSA) is 138 Å². The molecule has 31 heavy (non-hydrogen) atoms. The van der Waals surface area contributed by atoms with Gasteiger partial charge in [0.05, 0.1) is 16.7 Å². The molecule has 8 nitrogen and oxygen atoms in total. The Morgan fingerprint density at radius 1 is 0.935 bits per heavy atom. The van der Waals surface area contributed by atoms with Crippen LogP contribution in [-0.2, 0) is 16.0 Å². The SMILES string of the molecule is C=C(C)C(=O)OC(CCCCCC)CCCc1cc(C(=O)O)cc(C(=O)O)c1C(=O)O. The normalized spacial score (nSPS) is 11.5. The number of ether oxygens (including phenoxy) is 1. The first-order valence-corrected chi connectivity index (χ1v) is 10.3. The van der Waals surface area contributed by atoms with Gasteiger partial charge in [0.1, 0.15) is 6.10 Å². The molecular formula is C23H30O8. The molecule has 0 aliphatic rings. The number of benzene rings is 1. The Labute approximate surface area is 181 Å². The molecule has 1 aromatic rings. The smallest absolute Gasteiger partial charge is 0.336 e. The summed E-state index contributed by atoms with van der Waals surface area (Å²) >= 11 is 0. The van der Waals surface area contributed by atoms with Gasteiger partial charge in [-0.15, -0.1) is 0 Å². The second kappa shape index (κ2) is 12.5. The molecule has 1 unspecified atom stereocenters. The number of aromatic carboxylic acids is 3. The molecule has 1 rings (SSSR count). The standard InChI is InChI=1S/C23H30O8/c1-4-5-6-7-10-17(31-23(30)14(2)3)11-8-9-15-12-16(20(24)25)13-18(21(26)27)19(15)22(28)29/h12-13,17H,2,4-11H2,1,3H3,(H,24,25)(H,26,27)(H,28,29). The van der Waals surface area contributed by atoms with Crippen molar-refractivity contribution in [3.8, 4) is 0 Å². The second-order valence-corrected chi connectivity index (χ2v) is 7.52. The van der Waals surface area contributed by atoms with Gasteiger partial charge in [0.25, 0.3) is 0 Å². The van der Waals surface area contributed by atoms with Gasteiger partial charge in [-0.3, -0.25) is 0 Å². The van der Waals surface area contributed by atoms with E-state index in [1.54, 1.807) is 6.92 Å². The average Bonchev–Trinajstić information content (AvgIpc) is 2.69. The van der Waals surface area contributed by atoms with Crippen molar-refractivity contribution in [1.82, 2.24) is 0 Å². The number of esters is 1. The Morgan fingerprint density at radius 3 is 2.10 bits per heavy atom. The van der Waals surface area contributed by atoms with E-state index in [9.17, 15) is 34.5 Å². The van der Waals surface area contributed by atoms with Crippen LogP contribution in [0.25, 0.3) is 0 Å². The van der Waals surface area contributed by atoms with E-state index < -0.39 is 35.0 Å². The molecule has 0 amide bonds. The monoisotopic (exact) mass is 434 g/mol. The van der Waals surface area contributed by atoms with E-state index in [4.69, 9.17) is 4.74 Å². The highest BCUT2D eigenvalue weighted by atomic mass is 16.5. The molecule has 0 saturated carbocycles. The number of aryl methyl sites for hydroxylation is 1. The van der Waals surface area contributed by atoms with E-state index >= 15 is 0 Å². The third-order valence-electron chi connectivity index (χ3n) is 4.89. The summed E-state index contributed by atoms with van der Waals surface area (Å²) in [6.45, 7) is 7.23. The van der Waals surface area contributed by atoms with Gasteiger partial charge in [-0.2, -0.15) is 0 Å². The van der Waals surface area contributed by atoms with Gasteiger partial charge >= 0.3 is 23.9 Å². The zero-order chi connectivity index (χ0) is 23.6. The van der Waals surface area contributed by atoms with Gasteiger partial charge in [-0.1, -0.05) is 32.8 Å². The van der Waals surface area contributed by atoms with E-state index in [1.807, 2.05) is 0 Å². The first-order chi connectivity index (χ1) is 14.6. The predicted octanol–water partition coefficient (Wildman–Crippen LogP) is 4.56. The molecule has 8 heteroatoms. The van der Waals surface area contributed by atoms with Crippen molar-refractivity contribution >= 4 is 23.9 Å². The van der Waals surface area contributed by atoms with Crippen molar-refractivity contribution in [1.29, 1.82) is 0 Å². The maximum atomic E-state index is 11.9. The lowest BCUT2D eigenvalue weighted by atomic mass is 9.93. The molecular weight excluding hydrogens is 404 g/mol. The molecule has 3 N–H and O–H groups in total. The first kappa shape index (κ1) is 25.9. The number of carbonyl (C=O) groups excluding carboxylic acids is 1. The zero-order valence-electron chi connectivity index (χ0n) is 18.0. The Hall–Kier alpha value is -3.16. The van der Waals surface area contributed by atoms with E-state index in [2.05, 4.69) is 13.5 Å². The highest BCUT2D eigenvalue weighted by Crippen LogP contribution is 2.23. The van der Waals surface area contributed by atoms with Gasteiger partial charge in [0.2, 0.25) is 0 Å². The molecule has 0 aliphatic carbocycles. The van der Waals surface area contributed by atoms with Crippen LogP contribution in [0.3, 0.4) is 0 Å². The van der Waals surface area contributed by atoms with E-state index in [-0.39, 0.29) is 29.2 Å². The highest BCUT2D eigenvalue weighted by molar-refractivity contribution is 6.05. The third kappa shape index (κ3) is 8.24. The van der Waals surface area contributed by atoms with Crippen LogP contribution in [0.15, 0.2) is 24.3 Å². The summed E-state index contributed by atoms with van der Waals surface area (Å²) in [7, 11) is 0. The lowest BCUT2D eigenvalue weighted by Gasteiger charge is -2.18. The molecule has 0 heterocycles. The number of carbonyl (C=O) groups is 4. The Kier molecular flexibility index (Phi) is 10.4. The van der Waals surface area contributed by atoms with Gasteiger partial charge in [-0.25, -0.2) is 19.2 Å². The summed E-state index contributed by atoms with van der Waals surface area (Å²) in [6, 6.07) is 2.04. The van der Waals surface area contributed by atoms with Crippen molar-refractivity contribution < 1.29 is 39.2 Å². The minimum Gasteiger partial charge on any atom is -0.478 e. The van der Waals surface area contributed by atoms with Gasteiger partial charge in [0, 0.05) is 5.57 Å². The van der Waals surface area contributed by atoms with Crippen LogP contribution < -0.4 is 0 Å². The summed E-state index contributed by atoms with van der Waals surface area (Å²) in [5.74, 6) is -4.78. The quantitative estimate of drug-likeness (QED) is 0.220. The molecule has 0 bridgehead atoms. The molecule has 0 spiro atoms. The maximum Gasteiger partial charge on any atom is 0.336 e. The van der Waals surface area contributed by atoms with Crippen LogP contribution in [0.5, 0.6) is 0 Å². The molecule has 0 saturated heterocycles. The van der Waals surface area contributed by atoms with Crippen LogP contribution in [0.4, 0.5) is 0 Å². The minimum absolute atomic E-state index is 0.126. The highest BCUT2D eigenvalue weighted by Gasteiger charge is 2.24. The Balaban J connectivity index is 3.01. The van der Waals surface area contributed by atoms with Crippen LogP contribution in [0.1, 0.15) is 95.4 Å². The number of rotatable bonds is 14. The Morgan fingerprint density at radius 2 is 1.58 bits per heavy atom. The van der Waals surface area contributed by atoms with Crippen molar-refractivity contribution in [3.05, 3.63) is 46.5 Å². The number of unbranched alkanes of at least 4 members (excludes halogenated alkanes) is 3. The maximum absolute atomic E-state index is 11.9. The fourth-order valence-electron chi connectivity index (χ4n) is 3.28. The molecule has 0 aromatic heterocycles. The van der Waals surface area contributed by atoms with E-state index in [0.29, 0.717) is 19.3 Å². The Bertz CT molecular complexity index is 840. The zero-order valence-corrected chi connectivity index (χ0v) is 18.0. The van der Waals surface area contributed by atoms with Gasteiger partial charge in [0.15, 0.2) is 0 Å². The summed E-state index contributed by atoms with van der Waals surface area (Å²) in [4.78, 5) is 46.4. The van der Waals surface area contributed by atoms with Gasteiger partial charge < -0.3 is 20.1 Å². The molecule has 1 aromatic carbocycles. The van der Waals surface area contributed by atoms with Crippen LogP contribution in [0, 0.1) is 0 Å². The number of carboxylic acid groups (broad SMARTS) is 3. The second-order valence-electron chi connectivity index (χ2n) is 7.52. The molecule has 1 atom stereocenters.